The second-order valence-electron chi connectivity index (χ2n) is 5.54. The summed E-state index contributed by atoms with van der Waals surface area (Å²) >= 11 is 0. The monoisotopic (exact) mass is 275 g/mol. The number of nitrogens with zero attached hydrogens (tertiary/aromatic N) is 1. The smallest absolute Gasteiger partial charge is 0.225 e. The van der Waals surface area contributed by atoms with E-state index in [2.05, 4.69) is 17.1 Å². The van der Waals surface area contributed by atoms with Crippen LogP contribution in [0, 0.1) is 0 Å². The molecule has 0 aliphatic heterocycles. The Morgan fingerprint density at radius 2 is 2.20 bits per heavy atom. The number of rotatable bonds is 8. The van der Waals surface area contributed by atoms with Crippen molar-refractivity contribution in [1.29, 1.82) is 0 Å². The summed E-state index contributed by atoms with van der Waals surface area (Å²) in [4.78, 5) is 14.4. The van der Waals surface area contributed by atoms with Crippen LogP contribution in [-0.2, 0) is 4.79 Å². The molecule has 0 heterocycles. The second kappa shape index (κ2) is 7.29. The van der Waals surface area contributed by atoms with Gasteiger partial charge in [0.2, 0.25) is 5.91 Å². The minimum Gasteiger partial charge on any atom is -0.399 e. The molecule has 3 N–H and O–H groups in total. The zero-order valence-corrected chi connectivity index (χ0v) is 12.3. The first-order valence-electron chi connectivity index (χ1n) is 7.58. The van der Waals surface area contributed by atoms with Crippen LogP contribution in [0.5, 0.6) is 0 Å². The van der Waals surface area contributed by atoms with E-state index in [0.29, 0.717) is 12.1 Å². The molecule has 0 aromatic heterocycles. The summed E-state index contributed by atoms with van der Waals surface area (Å²) in [6.45, 7) is 4.18. The van der Waals surface area contributed by atoms with Gasteiger partial charge < -0.3 is 11.1 Å². The summed E-state index contributed by atoms with van der Waals surface area (Å²) in [5.41, 5.74) is 7.15. The Labute approximate surface area is 121 Å². The fraction of sp³-hybridized carbons (Fsp3) is 0.562. The van der Waals surface area contributed by atoms with Crippen molar-refractivity contribution >= 4 is 17.3 Å². The molecule has 1 fully saturated rings. The third-order valence-electron chi connectivity index (χ3n) is 3.66. The second-order valence-corrected chi connectivity index (χ2v) is 5.54. The number of carbonyl (C=O) groups is 1. The largest absolute Gasteiger partial charge is 0.399 e. The van der Waals surface area contributed by atoms with E-state index in [4.69, 9.17) is 5.73 Å². The van der Waals surface area contributed by atoms with Gasteiger partial charge in [-0.15, -0.1) is 0 Å². The molecule has 110 valence electrons. The van der Waals surface area contributed by atoms with Gasteiger partial charge in [-0.25, -0.2) is 0 Å². The molecule has 1 saturated carbocycles. The van der Waals surface area contributed by atoms with Crippen molar-refractivity contribution in [1.82, 2.24) is 4.90 Å². The zero-order chi connectivity index (χ0) is 14.4. The van der Waals surface area contributed by atoms with Crippen LogP contribution in [0.3, 0.4) is 0 Å². The Morgan fingerprint density at radius 3 is 2.85 bits per heavy atom. The maximum Gasteiger partial charge on any atom is 0.225 e. The first-order valence-corrected chi connectivity index (χ1v) is 7.58. The number of amides is 1. The van der Waals surface area contributed by atoms with Gasteiger partial charge in [0.25, 0.3) is 0 Å². The topological polar surface area (TPSA) is 58.4 Å². The molecule has 0 atom stereocenters. The molecule has 1 amide bonds. The number of hydrogen-bond donors (Lipinski definition) is 2. The lowest BCUT2D eigenvalue weighted by molar-refractivity contribution is -0.116. The molecule has 0 saturated heterocycles. The molecule has 0 radical (unpaired) electrons. The van der Waals surface area contributed by atoms with Crippen molar-refractivity contribution < 1.29 is 4.79 Å². The summed E-state index contributed by atoms with van der Waals surface area (Å²) in [7, 11) is 0. The van der Waals surface area contributed by atoms with Crippen LogP contribution >= 0.6 is 0 Å². The van der Waals surface area contributed by atoms with Crippen LogP contribution in [0.2, 0.25) is 0 Å². The number of benzene rings is 1. The molecule has 4 nitrogen and oxygen atoms in total. The van der Waals surface area contributed by atoms with Crippen LogP contribution in [0.1, 0.15) is 39.0 Å². The summed E-state index contributed by atoms with van der Waals surface area (Å²) in [5, 5.41) is 2.91. The molecule has 20 heavy (non-hydrogen) atoms. The van der Waals surface area contributed by atoms with Crippen molar-refractivity contribution in [2.75, 3.05) is 24.1 Å². The van der Waals surface area contributed by atoms with E-state index in [9.17, 15) is 4.79 Å². The highest BCUT2D eigenvalue weighted by molar-refractivity contribution is 5.91. The number of nitrogens with one attached hydrogen (secondary N) is 1. The predicted octanol–water partition coefficient (Wildman–Crippen LogP) is 2.86. The highest BCUT2D eigenvalue weighted by Gasteiger charge is 2.28. The molecular weight excluding hydrogens is 250 g/mol. The van der Waals surface area contributed by atoms with E-state index < -0.39 is 0 Å². The van der Waals surface area contributed by atoms with E-state index >= 15 is 0 Å². The van der Waals surface area contributed by atoms with Gasteiger partial charge in [0.15, 0.2) is 0 Å². The number of hydrogen-bond acceptors (Lipinski definition) is 3. The highest BCUT2D eigenvalue weighted by Crippen LogP contribution is 2.27. The van der Waals surface area contributed by atoms with Crippen molar-refractivity contribution in [3.63, 3.8) is 0 Å². The van der Waals surface area contributed by atoms with Crippen LogP contribution in [0.25, 0.3) is 0 Å². The van der Waals surface area contributed by atoms with Gasteiger partial charge in [-0.1, -0.05) is 19.4 Å². The van der Waals surface area contributed by atoms with Gasteiger partial charge in [0.1, 0.15) is 0 Å². The summed E-state index contributed by atoms with van der Waals surface area (Å²) < 4.78 is 0. The molecule has 1 aliphatic rings. The van der Waals surface area contributed by atoms with Crippen molar-refractivity contribution in [2.24, 2.45) is 0 Å². The first-order chi connectivity index (χ1) is 9.69. The Bertz CT molecular complexity index is 443. The molecule has 1 aromatic rings. The van der Waals surface area contributed by atoms with E-state index in [1.54, 1.807) is 6.07 Å². The quantitative estimate of drug-likeness (QED) is 0.717. The number of unbranched alkanes of at least 4 members (excludes halogenated alkanes) is 1. The maximum atomic E-state index is 12.0. The third-order valence-corrected chi connectivity index (χ3v) is 3.66. The molecule has 0 spiro atoms. The number of nitrogen functional groups attached to an aromatic ring is 1. The van der Waals surface area contributed by atoms with E-state index in [1.807, 2.05) is 18.2 Å². The SMILES string of the molecule is CCCCN(CCC(=O)Nc1cccc(N)c1)C1CC1. The zero-order valence-electron chi connectivity index (χ0n) is 12.3. The Hall–Kier alpha value is -1.55. The third kappa shape index (κ3) is 4.85. The minimum absolute atomic E-state index is 0.0674. The molecule has 1 aliphatic carbocycles. The lowest BCUT2D eigenvalue weighted by atomic mass is 10.2. The standard InChI is InChI=1S/C16H25N3O/c1-2-3-10-19(15-7-8-15)11-9-16(20)18-14-6-4-5-13(17)12-14/h4-6,12,15H,2-3,7-11,17H2,1H3,(H,18,20). The van der Waals surface area contributed by atoms with Gasteiger partial charge in [-0.2, -0.15) is 0 Å². The summed E-state index contributed by atoms with van der Waals surface area (Å²) in [6, 6.07) is 8.04. The molecular formula is C16H25N3O. The van der Waals surface area contributed by atoms with Crippen LogP contribution in [0.15, 0.2) is 24.3 Å². The average molecular weight is 275 g/mol. The summed E-state index contributed by atoms with van der Waals surface area (Å²) in [5.74, 6) is 0.0674. The Balaban J connectivity index is 1.76. The fourth-order valence-electron chi connectivity index (χ4n) is 2.36. The molecule has 0 unspecified atom stereocenters. The molecule has 4 heteroatoms. The lowest BCUT2D eigenvalue weighted by Crippen LogP contribution is -2.30. The van der Waals surface area contributed by atoms with E-state index in [0.717, 1.165) is 24.8 Å². The lowest BCUT2D eigenvalue weighted by Gasteiger charge is -2.21. The fourth-order valence-corrected chi connectivity index (χ4v) is 2.36. The van der Waals surface area contributed by atoms with Crippen molar-refractivity contribution in [2.45, 2.75) is 45.1 Å². The van der Waals surface area contributed by atoms with Gasteiger partial charge >= 0.3 is 0 Å². The highest BCUT2D eigenvalue weighted by atomic mass is 16.1. The van der Waals surface area contributed by atoms with E-state index in [1.165, 1.54) is 25.7 Å². The van der Waals surface area contributed by atoms with Crippen LogP contribution < -0.4 is 11.1 Å². The predicted molar refractivity (Wildman–Crippen MR) is 83.6 cm³/mol. The first kappa shape index (κ1) is 14.9. The normalized spacial score (nSPS) is 14.5. The maximum absolute atomic E-state index is 12.0. The summed E-state index contributed by atoms with van der Waals surface area (Å²) in [6.07, 6.45) is 5.56. The van der Waals surface area contributed by atoms with Crippen molar-refractivity contribution in [3.05, 3.63) is 24.3 Å². The minimum atomic E-state index is 0.0674. The number of anilines is 2. The number of carbonyl (C=O) groups excluding carboxylic acids is 1. The van der Waals surface area contributed by atoms with Gasteiger partial charge in [-0.05, 0) is 44.0 Å². The molecule has 2 rings (SSSR count). The van der Waals surface area contributed by atoms with Gasteiger partial charge in [-0.3, -0.25) is 9.69 Å². The molecule has 0 bridgehead atoms. The van der Waals surface area contributed by atoms with Crippen LogP contribution in [-0.4, -0.2) is 29.9 Å². The molecule has 1 aromatic carbocycles. The average Bonchev–Trinajstić information content (AvgIpc) is 3.23. The van der Waals surface area contributed by atoms with Crippen LogP contribution in [0.4, 0.5) is 11.4 Å². The Kier molecular flexibility index (Phi) is 5.41. The van der Waals surface area contributed by atoms with Crippen molar-refractivity contribution in [3.8, 4) is 0 Å². The number of nitrogens with two attached hydrogens (primary N) is 1. The van der Waals surface area contributed by atoms with Gasteiger partial charge in [0.05, 0.1) is 0 Å². The van der Waals surface area contributed by atoms with E-state index in [-0.39, 0.29) is 5.91 Å². The van der Waals surface area contributed by atoms with Gasteiger partial charge in [0, 0.05) is 30.4 Å². The Morgan fingerprint density at radius 1 is 1.40 bits per heavy atom.